The first-order chi connectivity index (χ1) is 12.2. The molecule has 1 atom stereocenters. The molecule has 0 aliphatic carbocycles. The van der Waals surface area contributed by atoms with Crippen molar-refractivity contribution in [2.24, 2.45) is 7.05 Å². The zero-order chi connectivity index (χ0) is 17.0. The van der Waals surface area contributed by atoms with E-state index in [4.69, 9.17) is 9.84 Å². The van der Waals surface area contributed by atoms with Crippen molar-refractivity contribution in [3.05, 3.63) is 53.2 Å². The molecular weight excluding hydrogens is 332 g/mol. The molecule has 0 spiro atoms. The lowest BCUT2D eigenvalue weighted by molar-refractivity contribution is 0.480. The fraction of sp³-hybridized carbons (Fsp3) is 0.263. The third kappa shape index (κ3) is 2.32. The number of benzene rings is 1. The van der Waals surface area contributed by atoms with Gasteiger partial charge < -0.3 is 10.1 Å². The second-order valence-corrected chi connectivity index (χ2v) is 7.62. The highest BCUT2D eigenvalue weighted by atomic mass is 32.2. The van der Waals surface area contributed by atoms with Crippen molar-refractivity contribution in [2.45, 2.75) is 12.2 Å². The van der Waals surface area contributed by atoms with Crippen molar-refractivity contribution in [3.8, 4) is 22.9 Å². The topological polar surface area (TPSA) is 52.0 Å². The number of rotatable bonds is 0. The summed E-state index contributed by atoms with van der Waals surface area (Å²) in [7, 11) is 2.00. The minimum Gasteiger partial charge on any atom is -0.456 e. The van der Waals surface area contributed by atoms with Gasteiger partial charge in [-0.25, -0.2) is 0 Å². The number of ether oxygens (including phenoxy) is 1. The van der Waals surface area contributed by atoms with Crippen LogP contribution in [0, 0.1) is 6.92 Å². The highest BCUT2D eigenvalue weighted by Crippen LogP contribution is 2.47. The van der Waals surface area contributed by atoms with Crippen molar-refractivity contribution >= 4 is 17.6 Å². The summed E-state index contributed by atoms with van der Waals surface area (Å²) in [5, 5.41) is 8.55. The average molecular weight is 350 g/mol. The van der Waals surface area contributed by atoms with Crippen molar-refractivity contribution in [3.63, 3.8) is 0 Å². The van der Waals surface area contributed by atoms with Crippen molar-refractivity contribution in [1.82, 2.24) is 14.8 Å². The molecule has 1 aromatic carbocycles. The molecule has 0 radical (unpaired) electrons. The number of pyridine rings is 1. The van der Waals surface area contributed by atoms with E-state index in [1.54, 1.807) is 6.20 Å². The maximum absolute atomic E-state index is 6.02. The molecule has 5 nitrogen and oxygen atoms in total. The molecule has 0 saturated heterocycles. The molecule has 0 saturated carbocycles. The van der Waals surface area contributed by atoms with Crippen LogP contribution in [-0.2, 0) is 7.05 Å². The van der Waals surface area contributed by atoms with Gasteiger partial charge in [0.2, 0.25) is 0 Å². The second kappa shape index (κ2) is 5.52. The van der Waals surface area contributed by atoms with E-state index in [0.717, 1.165) is 41.0 Å². The second-order valence-electron chi connectivity index (χ2n) is 6.41. The predicted octanol–water partition coefficient (Wildman–Crippen LogP) is 4.14. The van der Waals surface area contributed by atoms with E-state index >= 15 is 0 Å². The Balaban J connectivity index is 1.87. The van der Waals surface area contributed by atoms with Crippen LogP contribution in [0.25, 0.3) is 11.4 Å². The van der Waals surface area contributed by atoms with Gasteiger partial charge in [-0.05, 0) is 42.3 Å². The minimum atomic E-state index is 0.204. The number of nitrogens with one attached hydrogen (secondary N) is 1. The largest absolute Gasteiger partial charge is 0.456 e. The lowest BCUT2D eigenvalue weighted by Gasteiger charge is -2.19. The van der Waals surface area contributed by atoms with Gasteiger partial charge in [0.05, 0.1) is 17.1 Å². The molecule has 0 fully saturated rings. The molecule has 4 bridgehead atoms. The van der Waals surface area contributed by atoms with E-state index in [1.165, 1.54) is 16.7 Å². The van der Waals surface area contributed by atoms with E-state index in [1.807, 2.05) is 41.7 Å². The lowest BCUT2D eigenvalue weighted by atomic mass is 9.98. The number of thioether (sulfide) groups is 1. The van der Waals surface area contributed by atoms with Gasteiger partial charge in [0, 0.05) is 24.9 Å². The predicted molar refractivity (Wildman–Crippen MR) is 100 cm³/mol. The normalized spacial score (nSPS) is 17.8. The highest BCUT2D eigenvalue weighted by molar-refractivity contribution is 7.99. The molecule has 5 heterocycles. The standard InChI is InChI=1S/C19H18N4OS/c1-11-3-4-12-9-14(11)18-16-17(15-6-5-13(24-12)10-21-15)22-23(2)19(16)20-7-8-25-18/h3-6,9-10,18,20H,7-8H2,1-2H3. The first kappa shape index (κ1) is 14.8. The molecule has 1 unspecified atom stereocenters. The summed E-state index contributed by atoms with van der Waals surface area (Å²) in [5.41, 5.74) is 5.59. The monoisotopic (exact) mass is 350 g/mol. The van der Waals surface area contributed by atoms with Crippen LogP contribution < -0.4 is 10.1 Å². The molecular formula is C19H18N4OS. The lowest BCUT2D eigenvalue weighted by Crippen LogP contribution is -2.06. The molecule has 2 aromatic heterocycles. The molecule has 3 aromatic rings. The van der Waals surface area contributed by atoms with Gasteiger partial charge >= 0.3 is 0 Å². The summed E-state index contributed by atoms with van der Waals surface area (Å²) in [6.07, 6.45) is 1.77. The van der Waals surface area contributed by atoms with Crippen molar-refractivity contribution in [2.75, 3.05) is 17.6 Å². The van der Waals surface area contributed by atoms with Crippen LogP contribution in [0.3, 0.4) is 0 Å². The van der Waals surface area contributed by atoms with Gasteiger partial charge in [0.1, 0.15) is 23.0 Å². The Morgan fingerprint density at radius 1 is 1.24 bits per heavy atom. The maximum atomic E-state index is 6.02. The van der Waals surface area contributed by atoms with Crippen LogP contribution in [0.5, 0.6) is 11.5 Å². The van der Waals surface area contributed by atoms with Crippen LogP contribution >= 0.6 is 11.8 Å². The third-order valence-corrected chi connectivity index (χ3v) is 6.04. The summed E-state index contributed by atoms with van der Waals surface area (Å²) < 4.78 is 7.96. The Hall–Kier alpha value is -2.47. The molecule has 0 amide bonds. The Labute approximate surface area is 150 Å². The number of anilines is 1. The van der Waals surface area contributed by atoms with Gasteiger partial charge in [-0.3, -0.25) is 9.67 Å². The molecule has 1 N–H and O–H groups in total. The van der Waals surface area contributed by atoms with Gasteiger partial charge in [-0.2, -0.15) is 5.10 Å². The zero-order valence-corrected chi connectivity index (χ0v) is 14.9. The Morgan fingerprint density at radius 2 is 2.12 bits per heavy atom. The summed E-state index contributed by atoms with van der Waals surface area (Å²) >= 11 is 1.95. The van der Waals surface area contributed by atoms with Crippen LogP contribution in [-0.4, -0.2) is 27.1 Å². The molecule has 3 aliphatic heterocycles. The summed E-state index contributed by atoms with van der Waals surface area (Å²) in [5.74, 6) is 3.71. The Bertz CT molecular complexity index is 964. The number of aryl methyl sites for hydroxylation is 2. The minimum absolute atomic E-state index is 0.204. The number of hydrogen-bond donors (Lipinski definition) is 1. The van der Waals surface area contributed by atoms with E-state index < -0.39 is 0 Å². The molecule has 6 rings (SSSR count). The first-order valence-corrected chi connectivity index (χ1v) is 9.43. The zero-order valence-electron chi connectivity index (χ0n) is 14.1. The van der Waals surface area contributed by atoms with E-state index in [9.17, 15) is 0 Å². The van der Waals surface area contributed by atoms with E-state index in [-0.39, 0.29) is 5.25 Å². The van der Waals surface area contributed by atoms with Crippen LogP contribution in [0.1, 0.15) is 21.9 Å². The van der Waals surface area contributed by atoms with Gasteiger partial charge in [-0.1, -0.05) is 6.07 Å². The maximum Gasteiger partial charge on any atom is 0.145 e. The fourth-order valence-corrected chi connectivity index (χ4v) is 4.82. The summed E-state index contributed by atoms with van der Waals surface area (Å²) in [4.78, 5) is 4.61. The molecule has 3 aliphatic rings. The third-order valence-electron chi connectivity index (χ3n) is 4.77. The molecule has 25 heavy (non-hydrogen) atoms. The average Bonchev–Trinajstić information content (AvgIpc) is 2.80. The number of nitrogens with zero attached hydrogens (tertiary/aromatic N) is 3. The number of aromatic nitrogens is 3. The van der Waals surface area contributed by atoms with Crippen LogP contribution in [0.4, 0.5) is 5.82 Å². The molecule has 6 heteroatoms. The smallest absolute Gasteiger partial charge is 0.145 e. The summed E-state index contributed by atoms with van der Waals surface area (Å²) in [6.45, 7) is 3.09. The van der Waals surface area contributed by atoms with Crippen molar-refractivity contribution in [1.29, 1.82) is 0 Å². The Kier molecular flexibility index (Phi) is 3.28. The molecule has 126 valence electrons. The number of hydrogen-bond acceptors (Lipinski definition) is 5. The van der Waals surface area contributed by atoms with Gasteiger partial charge in [-0.15, -0.1) is 11.8 Å². The van der Waals surface area contributed by atoms with E-state index in [0.29, 0.717) is 0 Å². The quantitative estimate of drug-likeness (QED) is 0.660. The Morgan fingerprint density at radius 3 is 2.96 bits per heavy atom. The SMILES string of the molecule is Cc1ccc2cc1C1SCCNc3c1c(nn3C)-c1ccc(cn1)O2. The summed E-state index contributed by atoms with van der Waals surface area (Å²) in [6, 6.07) is 10.3. The van der Waals surface area contributed by atoms with Crippen molar-refractivity contribution < 1.29 is 4.74 Å². The fourth-order valence-electron chi connectivity index (χ4n) is 3.54. The van der Waals surface area contributed by atoms with Crippen LogP contribution in [0.15, 0.2) is 36.5 Å². The number of fused-ring (bicyclic) bond motifs is 2. The highest BCUT2D eigenvalue weighted by Gasteiger charge is 2.31. The van der Waals surface area contributed by atoms with E-state index in [2.05, 4.69) is 29.4 Å². The van der Waals surface area contributed by atoms with Gasteiger partial charge in [0.25, 0.3) is 0 Å². The van der Waals surface area contributed by atoms with Gasteiger partial charge in [0.15, 0.2) is 0 Å². The first-order valence-electron chi connectivity index (χ1n) is 8.38. The van der Waals surface area contributed by atoms with Crippen LogP contribution in [0.2, 0.25) is 0 Å².